The zero-order valence-corrected chi connectivity index (χ0v) is 19.4. The molecule has 1 aliphatic carbocycles. The summed E-state index contributed by atoms with van der Waals surface area (Å²) >= 11 is -3.68. The van der Waals surface area contributed by atoms with Gasteiger partial charge in [-0.1, -0.05) is 0 Å². The molecule has 0 fully saturated rings. The molecule has 2 aromatic carbocycles. The summed E-state index contributed by atoms with van der Waals surface area (Å²) in [6, 6.07) is 13.8. The minimum atomic E-state index is -5.72. The monoisotopic (exact) mass is 584 g/mol. The van der Waals surface area contributed by atoms with E-state index in [0.29, 0.717) is 18.4 Å². The first kappa shape index (κ1) is 24.1. The maximum absolute atomic E-state index is 14.0. The van der Waals surface area contributed by atoms with Gasteiger partial charge in [-0.05, 0) is 0 Å². The van der Waals surface area contributed by atoms with Gasteiger partial charge < -0.3 is 0 Å². The Morgan fingerprint density at radius 1 is 0.970 bits per heavy atom. The van der Waals surface area contributed by atoms with Gasteiger partial charge >= 0.3 is 194 Å². The molecule has 3 nitrogen and oxygen atoms in total. The van der Waals surface area contributed by atoms with E-state index >= 15 is 0 Å². The number of hydrogen-bond acceptors (Lipinski definition) is 3. The van der Waals surface area contributed by atoms with Crippen LogP contribution in [0.3, 0.4) is 0 Å². The van der Waals surface area contributed by atoms with Crippen molar-refractivity contribution in [2.45, 2.75) is 37.7 Å². The molecule has 0 aromatic heterocycles. The molecule has 1 atom stereocenters. The molecule has 2 aromatic rings. The predicted octanol–water partition coefficient (Wildman–Crippen LogP) is 6.71. The van der Waals surface area contributed by atoms with E-state index in [1.54, 1.807) is 6.92 Å². The molecule has 1 heterocycles. The summed E-state index contributed by atoms with van der Waals surface area (Å²) in [7, 11) is 0. The van der Waals surface area contributed by atoms with Crippen molar-refractivity contribution in [2.24, 2.45) is 5.92 Å². The molecular formula is C23H19F6IO3. The van der Waals surface area contributed by atoms with Crippen LogP contribution in [0.25, 0.3) is 0 Å². The van der Waals surface area contributed by atoms with Crippen LogP contribution in [0, 0.1) is 9.49 Å². The van der Waals surface area contributed by atoms with Crippen LogP contribution in [0.15, 0.2) is 63.8 Å². The van der Waals surface area contributed by atoms with Gasteiger partial charge in [0.15, 0.2) is 0 Å². The number of carbonyl (C=O) groups excluding carboxylic acids is 1. The fourth-order valence-corrected chi connectivity index (χ4v) is 10.3. The van der Waals surface area contributed by atoms with Crippen LogP contribution in [-0.2, 0) is 24.6 Å². The zero-order chi connectivity index (χ0) is 24.0. The average molecular weight is 584 g/mol. The molecule has 0 N–H and O–H groups in total. The number of esters is 1. The Hall–Kier alpha value is -2.08. The van der Waals surface area contributed by atoms with E-state index in [1.807, 2.05) is 30.3 Å². The third-order valence-electron chi connectivity index (χ3n) is 5.49. The first-order chi connectivity index (χ1) is 15.5. The summed E-state index contributed by atoms with van der Waals surface area (Å²) in [6.07, 6.45) is -10.6. The first-order valence-corrected chi connectivity index (χ1v) is 13.1. The van der Waals surface area contributed by atoms with E-state index < -0.39 is 55.6 Å². The van der Waals surface area contributed by atoms with E-state index in [-0.39, 0.29) is 13.8 Å². The number of fused-ring (bicyclic) bond motifs is 1. The molecule has 178 valence electrons. The Morgan fingerprint density at radius 3 is 2.18 bits per heavy atom. The average Bonchev–Trinajstić information content (AvgIpc) is 3.34. The predicted molar refractivity (Wildman–Crippen MR) is 116 cm³/mol. The van der Waals surface area contributed by atoms with E-state index in [4.69, 9.17) is 7.80 Å². The molecule has 33 heavy (non-hydrogen) atoms. The van der Waals surface area contributed by atoms with Gasteiger partial charge in [0.2, 0.25) is 0 Å². The quantitative estimate of drug-likeness (QED) is 0.215. The third-order valence-corrected chi connectivity index (χ3v) is 11.0. The van der Waals surface area contributed by atoms with Crippen LogP contribution in [0.1, 0.15) is 24.5 Å². The Bertz CT molecular complexity index is 1060. The van der Waals surface area contributed by atoms with Gasteiger partial charge in [-0.25, -0.2) is 0 Å². The first-order valence-electron chi connectivity index (χ1n) is 10.1. The van der Waals surface area contributed by atoms with Gasteiger partial charge in [0.05, 0.1) is 0 Å². The summed E-state index contributed by atoms with van der Waals surface area (Å²) in [6.45, 7) is 1.64. The van der Waals surface area contributed by atoms with Gasteiger partial charge in [-0.2, -0.15) is 0 Å². The van der Waals surface area contributed by atoms with Crippen molar-refractivity contribution < 1.29 is 38.9 Å². The van der Waals surface area contributed by atoms with Gasteiger partial charge in [0.25, 0.3) is 0 Å². The van der Waals surface area contributed by atoms with Gasteiger partial charge in [0, 0.05) is 0 Å². The second-order valence-electron chi connectivity index (χ2n) is 7.53. The number of alkyl halides is 6. The summed E-state index contributed by atoms with van der Waals surface area (Å²) in [5, 5.41) is 0. The number of hydrogen-bond donors (Lipinski definition) is 0. The number of carbonyl (C=O) groups is 1. The second kappa shape index (κ2) is 8.61. The van der Waals surface area contributed by atoms with Crippen LogP contribution in [-0.4, -0.2) is 24.9 Å². The van der Waals surface area contributed by atoms with E-state index in [1.165, 1.54) is 12.1 Å². The van der Waals surface area contributed by atoms with Crippen LogP contribution >= 0.6 is 20.2 Å². The molecule has 1 unspecified atom stereocenters. The molecule has 10 heteroatoms. The third kappa shape index (κ3) is 4.05. The van der Waals surface area contributed by atoms with Crippen LogP contribution in [0.5, 0.6) is 0 Å². The summed E-state index contributed by atoms with van der Waals surface area (Å²) in [5.41, 5.74) is -3.87. The number of ether oxygens (including phenoxy) is 1. The van der Waals surface area contributed by atoms with Gasteiger partial charge in [-0.15, -0.1) is 0 Å². The zero-order valence-electron chi connectivity index (χ0n) is 17.3. The fraction of sp³-hybridized carbons (Fsp3) is 0.348. The maximum atomic E-state index is 14.0. The standard InChI is InChI=1S/C23H19F6IO3/c1-2-32-20(31)18-15(13-12-14-8-4-3-5-9-14)19(18)30-17-11-7-6-10-16(17)21(33-30,22(24,25)26)23(27,28)29/h3-11,18H,2,12-13H2,1H3. The number of aryl methyl sites for hydroxylation is 1. The van der Waals surface area contributed by atoms with Crippen LogP contribution in [0.4, 0.5) is 26.3 Å². The van der Waals surface area contributed by atoms with E-state index in [9.17, 15) is 31.1 Å². The Balaban J connectivity index is 1.75. The Morgan fingerprint density at radius 2 is 1.58 bits per heavy atom. The number of benzene rings is 2. The van der Waals surface area contributed by atoms with Crippen LogP contribution < -0.4 is 0 Å². The van der Waals surface area contributed by atoms with Crippen molar-refractivity contribution in [2.75, 3.05) is 6.61 Å². The molecule has 0 radical (unpaired) electrons. The summed E-state index contributed by atoms with van der Waals surface area (Å²) in [5.74, 6) is -1.59. The molecule has 0 saturated carbocycles. The summed E-state index contributed by atoms with van der Waals surface area (Å²) < 4.78 is 94.1. The molecule has 4 rings (SSSR count). The summed E-state index contributed by atoms with van der Waals surface area (Å²) in [4.78, 5) is 12.5. The van der Waals surface area contributed by atoms with Crippen molar-refractivity contribution in [3.63, 3.8) is 0 Å². The van der Waals surface area contributed by atoms with Gasteiger partial charge in [0.1, 0.15) is 0 Å². The van der Waals surface area contributed by atoms with Crippen molar-refractivity contribution in [3.8, 4) is 0 Å². The van der Waals surface area contributed by atoms with E-state index in [2.05, 4.69) is 0 Å². The van der Waals surface area contributed by atoms with Crippen LogP contribution in [0.2, 0.25) is 0 Å². The Labute approximate surface area is 193 Å². The number of halogens is 7. The van der Waals surface area contributed by atoms with Crippen molar-refractivity contribution in [1.82, 2.24) is 0 Å². The molecule has 0 saturated heterocycles. The van der Waals surface area contributed by atoms with Gasteiger partial charge in [-0.3, -0.25) is 0 Å². The van der Waals surface area contributed by atoms with E-state index in [0.717, 1.165) is 17.7 Å². The fourth-order valence-electron chi connectivity index (χ4n) is 3.91. The minimum absolute atomic E-state index is 0.0509. The second-order valence-corrected chi connectivity index (χ2v) is 11.7. The molecule has 1 aliphatic heterocycles. The molecule has 2 aliphatic rings. The van der Waals surface area contributed by atoms with Crippen molar-refractivity contribution >= 4 is 26.2 Å². The molecule has 0 spiro atoms. The Kier molecular flexibility index (Phi) is 6.27. The molecular weight excluding hydrogens is 565 g/mol. The molecule has 0 bridgehead atoms. The van der Waals surface area contributed by atoms with Crippen molar-refractivity contribution in [3.05, 3.63) is 78.4 Å². The molecule has 0 amide bonds. The van der Waals surface area contributed by atoms with Crippen molar-refractivity contribution in [1.29, 1.82) is 0 Å². The normalized spacial score (nSPS) is 20.6. The number of rotatable bonds is 6. The SMILES string of the molecule is CCOC(=O)C1C(CCc2ccccc2)=C1I1OC(C(F)(F)F)(C(F)(F)F)c2ccccc21. The topological polar surface area (TPSA) is 35.5 Å².